The maximum Gasteiger partial charge on any atom is 0.255 e. The first-order valence-corrected chi connectivity index (χ1v) is 10.2. The summed E-state index contributed by atoms with van der Waals surface area (Å²) in [7, 11) is 0. The largest absolute Gasteiger partial charge is 0.493 e. The van der Waals surface area contributed by atoms with Crippen molar-refractivity contribution in [3.05, 3.63) is 64.7 Å². The molecule has 160 valence electrons. The molecule has 1 heterocycles. The van der Waals surface area contributed by atoms with Crippen LogP contribution in [0, 0.1) is 5.92 Å². The van der Waals surface area contributed by atoms with Gasteiger partial charge in [-0.25, -0.2) is 8.78 Å². The Kier molecular flexibility index (Phi) is 5.75. The Morgan fingerprint density at radius 1 is 1.23 bits per heavy atom. The van der Waals surface area contributed by atoms with Gasteiger partial charge >= 0.3 is 0 Å². The summed E-state index contributed by atoms with van der Waals surface area (Å²) in [4.78, 5) is 13.2. The number of nitrogens with one attached hydrogen (secondary N) is 1. The van der Waals surface area contributed by atoms with Crippen LogP contribution in [0.3, 0.4) is 0 Å². The molecule has 2 aromatic rings. The van der Waals surface area contributed by atoms with Crippen molar-refractivity contribution in [2.24, 2.45) is 5.92 Å². The molecule has 7 heteroatoms. The predicted octanol–water partition coefficient (Wildman–Crippen LogP) is 3.41. The predicted molar refractivity (Wildman–Crippen MR) is 108 cm³/mol. The zero-order valence-electron chi connectivity index (χ0n) is 16.9. The zero-order chi connectivity index (χ0) is 21.3. The number of alkyl halides is 2. The molecule has 4 rings (SSSR count). The topological polar surface area (TPSA) is 61.8 Å². The van der Waals surface area contributed by atoms with Crippen molar-refractivity contribution in [2.75, 3.05) is 13.2 Å². The summed E-state index contributed by atoms with van der Waals surface area (Å²) in [6.07, 6.45) is -0.761. The summed E-state index contributed by atoms with van der Waals surface area (Å²) in [5, 5.41) is 13.4. The van der Waals surface area contributed by atoms with Gasteiger partial charge in [-0.05, 0) is 34.4 Å². The second kappa shape index (κ2) is 8.32. The molecule has 2 unspecified atom stereocenters. The Hall–Kier alpha value is -2.51. The monoisotopic (exact) mass is 416 g/mol. The molecule has 2 atom stereocenters. The molecule has 2 N–H and O–H groups in total. The number of ether oxygens (including phenoxy) is 1. The molecule has 2 aromatic carbocycles. The Labute approximate surface area is 174 Å². The van der Waals surface area contributed by atoms with E-state index in [1.54, 1.807) is 12.1 Å². The summed E-state index contributed by atoms with van der Waals surface area (Å²) in [5.41, 5.74) is 3.98. The molecule has 1 amide bonds. The van der Waals surface area contributed by atoms with Crippen LogP contribution in [-0.4, -0.2) is 35.0 Å². The maximum atomic E-state index is 13.0. The van der Waals surface area contributed by atoms with Gasteiger partial charge in [0.05, 0.1) is 18.6 Å². The zero-order valence-corrected chi connectivity index (χ0v) is 16.9. The van der Waals surface area contributed by atoms with Crippen LogP contribution in [0.15, 0.2) is 42.5 Å². The summed E-state index contributed by atoms with van der Waals surface area (Å²) in [6, 6.07) is 13.5. The standard InChI is InChI=1S/C23H26F2N2O3/c1-15(28)26-10-16-2-4-17(5-3-16)11-27-12-18-6-7-20(8-21(18)22(29)13-27)30-14-19-9-23(19,24)25/h2-8,19,22,29H,9-14H2,1H3,(H,26,28). The van der Waals surface area contributed by atoms with Gasteiger partial charge in [-0.15, -0.1) is 0 Å². The summed E-state index contributed by atoms with van der Waals surface area (Å²) in [6.45, 7) is 3.90. The molecule has 0 aromatic heterocycles. The van der Waals surface area contributed by atoms with Crippen LogP contribution in [0.4, 0.5) is 8.78 Å². The van der Waals surface area contributed by atoms with Crippen LogP contribution >= 0.6 is 0 Å². The first-order chi connectivity index (χ1) is 14.3. The molecule has 1 aliphatic carbocycles. The molecule has 0 radical (unpaired) electrons. The number of rotatable bonds is 7. The lowest BCUT2D eigenvalue weighted by atomic mass is 9.96. The number of carbonyl (C=O) groups excluding carboxylic acids is 1. The van der Waals surface area contributed by atoms with Crippen LogP contribution in [0.2, 0.25) is 0 Å². The number of aliphatic hydroxyl groups is 1. The van der Waals surface area contributed by atoms with Gasteiger partial charge < -0.3 is 15.2 Å². The molecule has 0 saturated heterocycles. The number of hydrogen-bond acceptors (Lipinski definition) is 4. The van der Waals surface area contributed by atoms with E-state index in [2.05, 4.69) is 10.2 Å². The highest BCUT2D eigenvalue weighted by atomic mass is 19.3. The molecular formula is C23H26F2N2O3. The van der Waals surface area contributed by atoms with E-state index < -0.39 is 17.9 Å². The van der Waals surface area contributed by atoms with Gasteiger partial charge in [-0.3, -0.25) is 9.69 Å². The highest BCUT2D eigenvalue weighted by Crippen LogP contribution is 2.48. The second-order valence-corrected chi connectivity index (χ2v) is 8.25. The van der Waals surface area contributed by atoms with Crippen molar-refractivity contribution < 1.29 is 23.4 Å². The number of benzene rings is 2. The van der Waals surface area contributed by atoms with E-state index in [1.165, 1.54) is 6.92 Å². The quantitative estimate of drug-likeness (QED) is 0.726. The first kappa shape index (κ1) is 20.8. The molecular weight excluding hydrogens is 390 g/mol. The SMILES string of the molecule is CC(=O)NCc1ccc(CN2Cc3ccc(OCC4CC4(F)F)cc3C(O)C2)cc1. The fourth-order valence-electron chi connectivity index (χ4n) is 3.78. The van der Waals surface area contributed by atoms with Crippen LogP contribution < -0.4 is 10.1 Å². The van der Waals surface area contributed by atoms with Crippen LogP contribution in [-0.2, 0) is 24.4 Å². The van der Waals surface area contributed by atoms with Gasteiger partial charge in [0.2, 0.25) is 5.91 Å². The fraction of sp³-hybridized carbons (Fsp3) is 0.435. The Morgan fingerprint density at radius 2 is 1.93 bits per heavy atom. The molecule has 30 heavy (non-hydrogen) atoms. The average Bonchev–Trinajstić information content (AvgIpc) is 3.32. The Morgan fingerprint density at radius 3 is 2.60 bits per heavy atom. The van der Waals surface area contributed by atoms with Crippen molar-refractivity contribution in [2.45, 2.75) is 45.0 Å². The minimum Gasteiger partial charge on any atom is -0.493 e. The molecule has 0 spiro atoms. The van der Waals surface area contributed by atoms with Gasteiger partial charge in [-0.1, -0.05) is 30.3 Å². The maximum absolute atomic E-state index is 13.0. The number of nitrogens with zero attached hydrogens (tertiary/aromatic N) is 1. The summed E-state index contributed by atoms with van der Waals surface area (Å²) < 4.78 is 31.5. The van der Waals surface area contributed by atoms with Crippen molar-refractivity contribution in [3.8, 4) is 5.75 Å². The van der Waals surface area contributed by atoms with E-state index in [9.17, 15) is 18.7 Å². The lowest BCUT2D eigenvalue weighted by Gasteiger charge is -2.32. The third-order valence-corrected chi connectivity index (χ3v) is 5.68. The average molecular weight is 416 g/mol. The fourth-order valence-corrected chi connectivity index (χ4v) is 3.78. The molecule has 0 bridgehead atoms. The number of fused-ring (bicyclic) bond motifs is 1. The van der Waals surface area contributed by atoms with Crippen molar-refractivity contribution in [1.82, 2.24) is 10.2 Å². The number of aliphatic hydroxyl groups excluding tert-OH is 1. The van der Waals surface area contributed by atoms with E-state index in [0.717, 1.165) is 22.3 Å². The number of β-amino-alcohol motifs (C(OH)–C–C–N with tert-alkyl or cyclic N) is 1. The molecule has 1 aliphatic heterocycles. The van der Waals surface area contributed by atoms with Gasteiger partial charge in [0.15, 0.2) is 0 Å². The number of carbonyl (C=O) groups is 1. The van der Waals surface area contributed by atoms with Crippen LogP contribution in [0.5, 0.6) is 5.75 Å². The van der Waals surface area contributed by atoms with Crippen molar-refractivity contribution in [3.63, 3.8) is 0 Å². The van der Waals surface area contributed by atoms with E-state index in [1.807, 2.05) is 30.3 Å². The molecule has 1 saturated carbocycles. The third-order valence-electron chi connectivity index (χ3n) is 5.68. The van der Waals surface area contributed by atoms with Crippen molar-refractivity contribution >= 4 is 5.91 Å². The Balaban J connectivity index is 1.34. The lowest BCUT2D eigenvalue weighted by Crippen LogP contribution is -2.33. The smallest absolute Gasteiger partial charge is 0.255 e. The minimum atomic E-state index is -2.59. The number of halogens is 2. The normalized spacial score (nSPS) is 22.3. The number of amides is 1. The molecule has 2 aliphatic rings. The Bertz CT molecular complexity index is 917. The summed E-state index contributed by atoms with van der Waals surface area (Å²) >= 11 is 0. The highest BCUT2D eigenvalue weighted by Gasteiger charge is 2.57. The van der Waals surface area contributed by atoms with Gasteiger partial charge in [0, 0.05) is 39.5 Å². The van der Waals surface area contributed by atoms with E-state index in [0.29, 0.717) is 31.9 Å². The van der Waals surface area contributed by atoms with Gasteiger partial charge in [-0.2, -0.15) is 0 Å². The summed E-state index contributed by atoms with van der Waals surface area (Å²) in [5.74, 6) is -2.81. The molecule has 1 fully saturated rings. The van der Waals surface area contributed by atoms with E-state index in [-0.39, 0.29) is 18.9 Å². The van der Waals surface area contributed by atoms with Crippen LogP contribution in [0.25, 0.3) is 0 Å². The van der Waals surface area contributed by atoms with Crippen LogP contribution in [0.1, 0.15) is 41.7 Å². The van der Waals surface area contributed by atoms with E-state index in [4.69, 9.17) is 4.74 Å². The van der Waals surface area contributed by atoms with Crippen molar-refractivity contribution in [1.29, 1.82) is 0 Å². The lowest BCUT2D eigenvalue weighted by molar-refractivity contribution is -0.119. The van der Waals surface area contributed by atoms with E-state index >= 15 is 0 Å². The minimum absolute atomic E-state index is 0.00589. The first-order valence-electron chi connectivity index (χ1n) is 10.2. The molecule has 5 nitrogen and oxygen atoms in total. The highest BCUT2D eigenvalue weighted by molar-refractivity contribution is 5.72. The van der Waals surface area contributed by atoms with Gasteiger partial charge in [0.25, 0.3) is 5.92 Å². The van der Waals surface area contributed by atoms with Gasteiger partial charge in [0.1, 0.15) is 5.75 Å². The third kappa shape index (κ3) is 4.96. The second-order valence-electron chi connectivity index (χ2n) is 8.25. The number of hydrogen-bond donors (Lipinski definition) is 2.